The lowest BCUT2D eigenvalue weighted by Crippen LogP contribution is -2.26. The van der Waals surface area contributed by atoms with Crippen LogP contribution in [0.3, 0.4) is 0 Å². The van der Waals surface area contributed by atoms with Crippen LogP contribution < -0.4 is 0 Å². The summed E-state index contributed by atoms with van der Waals surface area (Å²) in [4.78, 5) is 0. The Labute approximate surface area is 129 Å². The van der Waals surface area contributed by atoms with Crippen LogP contribution in [0, 0.1) is 29.6 Å². The van der Waals surface area contributed by atoms with Crippen LogP contribution in [0.25, 0.3) is 0 Å². The van der Waals surface area contributed by atoms with Gasteiger partial charge in [0.25, 0.3) is 0 Å². The zero-order chi connectivity index (χ0) is 15.5. The van der Waals surface area contributed by atoms with E-state index in [4.69, 9.17) is 0 Å². The Hall–Kier alpha value is -0.260. The van der Waals surface area contributed by atoms with Crippen molar-refractivity contribution in [1.82, 2.24) is 0 Å². The molecule has 0 fully saturated rings. The van der Waals surface area contributed by atoms with E-state index in [9.17, 15) is 0 Å². The molecule has 20 heavy (non-hydrogen) atoms. The first-order valence-corrected chi connectivity index (χ1v) is 9.10. The number of unbranched alkanes of at least 4 members (excludes halogenated alkanes) is 2. The number of hydrogen-bond donors (Lipinski definition) is 0. The molecule has 0 aliphatic carbocycles. The van der Waals surface area contributed by atoms with Gasteiger partial charge >= 0.3 is 0 Å². The molecule has 120 valence electrons. The molecule has 0 rings (SSSR count). The molecule has 0 aromatic heterocycles. The van der Waals surface area contributed by atoms with Crippen LogP contribution in [0.5, 0.6) is 0 Å². The van der Waals surface area contributed by atoms with Gasteiger partial charge in [0, 0.05) is 0 Å². The van der Waals surface area contributed by atoms with Crippen molar-refractivity contribution in [2.45, 2.75) is 86.5 Å². The van der Waals surface area contributed by atoms with E-state index < -0.39 is 0 Å². The van der Waals surface area contributed by atoms with E-state index in [0.717, 1.165) is 23.7 Å². The Kier molecular flexibility index (Phi) is 11.3. The summed E-state index contributed by atoms with van der Waals surface area (Å²) < 4.78 is 0. The van der Waals surface area contributed by atoms with Gasteiger partial charge in [0.05, 0.1) is 0 Å². The summed E-state index contributed by atoms with van der Waals surface area (Å²) in [7, 11) is 0. The Bertz CT molecular complexity index is 228. The average Bonchev–Trinajstić information content (AvgIpc) is 2.42. The molecule has 0 aromatic carbocycles. The largest absolute Gasteiger partial charge is 0.103 e. The number of allylic oxidation sites excluding steroid dienone is 1. The van der Waals surface area contributed by atoms with Crippen LogP contribution in [0.2, 0.25) is 0 Å². The second kappa shape index (κ2) is 11.4. The van der Waals surface area contributed by atoms with Crippen molar-refractivity contribution in [3.05, 3.63) is 12.7 Å². The minimum Gasteiger partial charge on any atom is -0.103 e. The highest BCUT2D eigenvalue weighted by molar-refractivity contribution is 4.86. The van der Waals surface area contributed by atoms with Crippen molar-refractivity contribution >= 4 is 0 Å². The van der Waals surface area contributed by atoms with Gasteiger partial charge in [-0.2, -0.15) is 0 Å². The predicted octanol–water partition coefficient (Wildman–Crippen LogP) is 7.10. The fourth-order valence-corrected chi connectivity index (χ4v) is 3.72. The molecule has 0 saturated carbocycles. The lowest BCUT2D eigenvalue weighted by molar-refractivity contribution is 0.163. The first kappa shape index (κ1) is 19.7. The fraction of sp³-hybridized carbons (Fsp3) is 0.900. The summed E-state index contributed by atoms with van der Waals surface area (Å²) in [6, 6.07) is 0. The lowest BCUT2D eigenvalue weighted by Gasteiger charge is -2.35. The SMILES string of the molecule is C=CC(C)C(CCC)C(C)C(CCCCC)CC(C)C. The third kappa shape index (κ3) is 7.50. The molecule has 0 radical (unpaired) electrons. The smallest absolute Gasteiger partial charge is 0.0234 e. The summed E-state index contributed by atoms with van der Waals surface area (Å²) in [5, 5.41) is 0. The molecule has 0 N–H and O–H groups in total. The molecule has 0 aliphatic heterocycles. The Morgan fingerprint density at radius 2 is 1.55 bits per heavy atom. The molecule has 0 aliphatic rings. The third-order valence-corrected chi connectivity index (χ3v) is 5.04. The number of hydrogen-bond acceptors (Lipinski definition) is 0. The van der Waals surface area contributed by atoms with Gasteiger partial charge < -0.3 is 0 Å². The highest BCUT2D eigenvalue weighted by atomic mass is 14.3. The second-order valence-electron chi connectivity index (χ2n) is 7.29. The zero-order valence-corrected chi connectivity index (χ0v) is 15.1. The van der Waals surface area contributed by atoms with E-state index in [2.05, 4.69) is 54.2 Å². The maximum Gasteiger partial charge on any atom is -0.0234 e. The average molecular weight is 281 g/mol. The van der Waals surface area contributed by atoms with E-state index >= 15 is 0 Å². The summed E-state index contributed by atoms with van der Waals surface area (Å²) in [5.74, 6) is 4.04. The maximum atomic E-state index is 4.04. The molecule has 4 unspecified atom stereocenters. The number of rotatable bonds is 12. The molecule has 0 aromatic rings. The van der Waals surface area contributed by atoms with Crippen molar-refractivity contribution < 1.29 is 0 Å². The summed E-state index contributed by atoms with van der Waals surface area (Å²) in [6.45, 7) is 18.3. The topological polar surface area (TPSA) is 0 Å². The highest BCUT2D eigenvalue weighted by Crippen LogP contribution is 2.37. The van der Waals surface area contributed by atoms with Gasteiger partial charge in [-0.25, -0.2) is 0 Å². The normalized spacial score (nSPS) is 17.8. The summed E-state index contributed by atoms with van der Waals surface area (Å²) in [5.41, 5.74) is 0. The molecule has 0 heterocycles. The van der Waals surface area contributed by atoms with Gasteiger partial charge in [-0.3, -0.25) is 0 Å². The predicted molar refractivity (Wildman–Crippen MR) is 94.0 cm³/mol. The van der Waals surface area contributed by atoms with Gasteiger partial charge in [0.15, 0.2) is 0 Å². The second-order valence-corrected chi connectivity index (χ2v) is 7.29. The molecule has 4 atom stereocenters. The summed E-state index contributed by atoms with van der Waals surface area (Å²) in [6.07, 6.45) is 11.8. The third-order valence-electron chi connectivity index (χ3n) is 5.04. The van der Waals surface area contributed by atoms with E-state index in [1.54, 1.807) is 0 Å². The van der Waals surface area contributed by atoms with Gasteiger partial charge in [-0.1, -0.05) is 79.7 Å². The van der Waals surface area contributed by atoms with Crippen molar-refractivity contribution in [1.29, 1.82) is 0 Å². The Morgan fingerprint density at radius 1 is 0.900 bits per heavy atom. The van der Waals surface area contributed by atoms with E-state index in [0.29, 0.717) is 5.92 Å². The monoisotopic (exact) mass is 280 g/mol. The van der Waals surface area contributed by atoms with Crippen molar-refractivity contribution in [2.24, 2.45) is 29.6 Å². The van der Waals surface area contributed by atoms with E-state index in [1.807, 2.05) is 0 Å². The summed E-state index contributed by atoms with van der Waals surface area (Å²) >= 11 is 0. The van der Waals surface area contributed by atoms with Crippen molar-refractivity contribution in [2.75, 3.05) is 0 Å². The Balaban J connectivity index is 4.75. The molecular formula is C20H40. The highest BCUT2D eigenvalue weighted by Gasteiger charge is 2.28. The quantitative estimate of drug-likeness (QED) is 0.264. The molecule has 0 nitrogen and oxygen atoms in total. The lowest BCUT2D eigenvalue weighted by atomic mass is 9.70. The van der Waals surface area contributed by atoms with Gasteiger partial charge in [0.1, 0.15) is 0 Å². The minimum atomic E-state index is 0.658. The van der Waals surface area contributed by atoms with Crippen molar-refractivity contribution in [3.63, 3.8) is 0 Å². The van der Waals surface area contributed by atoms with E-state index in [1.165, 1.54) is 44.9 Å². The van der Waals surface area contributed by atoms with Gasteiger partial charge in [-0.05, 0) is 42.4 Å². The van der Waals surface area contributed by atoms with Crippen LogP contribution in [-0.2, 0) is 0 Å². The Morgan fingerprint density at radius 3 is 2.00 bits per heavy atom. The molecule has 0 amide bonds. The molecule has 0 spiro atoms. The van der Waals surface area contributed by atoms with Gasteiger partial charge in [0.2, 0.25) is 0 Å². The van der Waals surface area contributed by atoms with Crippen LogP contribution in [0.4, 0.5) is 0 Å². The standard InChI is InChI=1S/C20H40/c1-8-11-12-14-19(15-16(4)5)18(7)20(13-9-2)17(6)10-3/h10,16-20H,3,8-9,11-15H2,1-2,4-7H3. The zero-order valence-electron chi connectivity index (χ0n) is 15.1. The van der Waals surface area contributed by atoms with Crippen molar-refractivity contribution in [3.8, 4) is 0 Å². The van der Waals surface area contributed by atoms with E-state index in [-0.39, 0.29) is 0 Å². The maximum absolute atomic E-state index is 4.04. The molecular weight excluding hydrogens is 240 g/mol. The van der Waals surface area contributed by atoms with Crippen LogP contribution in [0.1, 0.15) is 86.5 Å². The molecule has 0 bridgehead atoms. The molecule has 0 heteroatoms. The first-order valence-electron chi connectivity index (χ1n) is 9.10. The minimum absolute atomic E-state index is 0.658. The molecule has 0 saturated heterocycles. The first-order chi connectivity index (χ1) is 9.47. The van der Waals surface area contributed by atoms with Crippen LogP contribution in [0.15, 0.2) is 12.7 Å². The van der Waals surface area contributed by atoms with Gasteiger partial charge in [-0.15, -0.1) is 6.58 Å². The fourth-order valence-electron chi connectivity index (χ4n) is 3.72. The van der Waals surface area contributed by atoms with Crippen LogP contribution >= 0.6 is 0 Å². The van der Waals surface area contributed by atoms with Crippen LogP contribution in [-0.4, -0.2) is 0 Å².